The highest BCUT2D eigenvalue weighted by Crippen LogP contribution is 2.54. The summed E-state index contributed by atoms with van der Waals surface area (Å²) in [7, 11) is 3.50. The van der Waals surface area contributed by atoms with Crippen LogP contribution in [0.1, 0.15) is 125 Å². The first-order chi connectivity index (χ1) is 15.5. The molecule has 0 radical (unpaired) electrons. The lowest BCUT2D eigenvalue weighted by molar-refractivity contribution is 0.418. The molecule has 0 heterocycles. The minimum atomic E-state index is -0.269. The van der Waals surface area contributed by atoms with Crippen LogP contribution >= 0.6 is 21.6 Å². The van der Waals surface area contributed by atoms with Crippen LogP contribution in [0.2, 0.25) is 0 Å². The number of phenols is 2. The molecule has 0 saturated heterocycles. The van der Waals surface area contributed by atoms with Gasteiger partial charge in [0.15, 0.2) is 0 Å². The van der Waals surface area contributed by atoms with E-state index in [9.17, 15) is 10.2 Å². The van der Waals surface area contributed by atoms with Crippen LogP contribution in [-0.4, -0.2) is 10.2 Å². The fourth-order valence-electron chi connectivity index (χ4n) is 4.62. The molecule has 2 aromatic carbocycles. The van der Waals surface area contributed by atoms with Gasteiger partial charge in [0.2, 0.25) is 0 Å². The van der Waals surface area contributed by atoms with E-state index in [0.717, 1.165) is 32.7 Å². The lowest BCUT2D eigenvalue weighted by Gasteiger charge is -2.35. The Labute approximate surface area is 223 Å². The van der Waals surface area contributed by atoms with Crippen LogP contribution in [0.25, 0.3) is 0 Å². The molecule has 0 unspecified atom stereocenters. The Morgan fingerprint density at radius 1 is 0.486 bits per heavy atom. The SMILES string of the molecule is CC(C)(C)c1ccc(SSC(C)(C)c2ccc(C(C)(C)C)c(O)c2C(C)(C)C)c(C(C)(C)C)c1O. The van der Waals surface area contributed by atoms with Crippen LogP contribution in [0, 0.1) is 0 Å². The average Bonchev–Trinajstić information content (AvgIpc) is 2.61. The van der Waals surface area contributed by atoms with Gasteiger partial charge in [-0.1, -0.05) is 123 Å². The van der Waals surface area contributed by atoms with Crippen molar-refractivity contribution in [2.75, 3.05) is 0 Å². The zero-order valence-corrected chi connectivity index (χ0v) is 26.2. The van der Waals surface area contributed by atoms with Crippen LogP contribution < -0.4 is 0 Å². The van der Waals surface area contributed by atoms with E-state index in [1.807, 2.05) is 0 Å². The Morgan fingerprint density at radius 3 is 1.26 bits per heavy atom. The molecule has 0 aliphatic heterocycles. The van der Waals surface area contributed by atoms with E-state index in [1.165, 1.54) is 0 Å². The molecule has 2 nitrogen and oxygen atoms in total. The topological polar surface area (TPSA) is 40.5 Å². The first kappa shape index (κ1) is 30.0. The van der Waals surface area contributed by atoms with Gasteiger partial charge in [-0.25, -0.2) is 0 Å². The molecule has 0 amide bonds. The van der Waals surface area contributed by atoms with Crippen molar-refractivity contribution in [1.29, 1.82) is 0 Å². The normalized spacial score (nSPS) is 13.9. The molecule has 0 atom stereocenters. The summed E-state index contributed by atoms with van der Waals surface area (Å²) in [6.07, 6.45) is 0. The molecule has 4 heteroatoms. The Kier molecular flexibility index (Phi) is 8.18. The first-order valence-electron chi connectivity index (χ1n) is 12.6. The van der Waals surface area contributed by atoms with Crippen molar-refractivity contribution in [3.63, 3.8) is 0 Å². The third-order valence-corrected chi connectivity index (χ3v) is 9.70. The lowest BCUT2D eigenvalue weighted by Crippen LogP contribution is -2.24. The van der Waals surface area contributed by atoms with Crippen LogP contribution in [-0.2, 0) is 26.4 Å². The molecule has 35 heavy (non-hydrogen) atoms. The van der Waals surface area contributed by atoms with Gasteiger partial charge in [-0.3, -0.25) is 0 Å². The minimum absolute atomic E-state index is 0.131. The van der Waals surface area contributed by atoms with Crippen molar-refractivity contribution >= 4 is 21.6 Å². The molecule has 2 aromatic rings. The largest absolute Gasteiger partial charge is 0.507 e. The predicted molar refractivity (Wildman–Crippen MR) is 157 cm³/mol. The summed E-state index contributed by atoms with van der Waals surface area (Å²) >= 11 is 0. The van der Waals surface area contributed by atoms with Gasteiger partial charge in [0.25, 0.3) is 0 Å². The van der Waals surface area contributed by atoms with Gasteiger partial charge in [-0.15, -0.1) is 0 Å². The van der Waals surface area contributed by atoms with Gasteiger partial charge < -0.3 is 10.2 Å². The average molecular weight is 517 g/mol. The van der Waals surface area contributed by atoms with E-state index < -0.39 is 0 Å². The fourth-order valence-corrected chi connectivity index (χ4v) is 7.37. The van der Waals surface area contributed by atoms with Crippen molar-refractivity contribution in [2.45, 2.75) is 128 Å². The van der Waals surface area contributed by atoms with Crippen molar-refractivity contribution < 1.29 is 10.2 Å². The maximum atomic E-state index is 11.4. The quantitative estimate of drug-likeness (QED) is 0.397. The molecule has 0 aromatic heterocycles. The van der Waals surface area contributed by atoms with E-state index in [0.29, 0.717) is 11.5 Å². The molecule has 0 spiro atoms. The van der Waals surface area contributed by atoms with Gasteiger partial charge in [0.1, 0.15) is 11.5 Å². The van der Waals surface area contributed by atoms with Gasteiger partial charge in [-0.2, -0.15) is 0 Å². The molecule has 2 N–H and O–H groups in total. The Bertz CT molecular complexity index is 1070. The molecule has 0 saturated carbocycles. The molecule has 0 aliphatic rings. The third kappa shape index (κ3) is 6.55. The van der Waals surface area contributed by atoms with Crippen molar-refractivity contribution in [3.05, 3.63) is 52.1 Å². The zero-order valence-electron chi connectivity index (χ0n) is 24.5. The van der Waals surface area contributed by atoms with Crippen molar-refractivity contribution in [1.82, 2.24) is 0 Å². The Hall–Kier alpha value is -1.26. The second-order valence-corrected chi connectivity index (χ2v) is 17.2. The summed E-state index contributed by atoms with van der Waals surface area (Å²) in [6.45, 7) is 30.3. The smallest absolute Gasteiger partial charge is 0.124 e. The third-order valence-electron chi connectivity index (χ3n) is 6.42. The summed E-state index contributed by atoms with van der Waals surface area (Å²) in [5.74, 6) is 0.833. The van der Waals surface area contributed by atoms with Gasteiger partial charge >= 0.3 is 0 Å². The fraction of sp³-hybridized carbons (Fsp3) is 0.613. The molecule has 2 rings (SSSR count). The number of hydrogen-bond donors (Lipinski definition) is 2. The molecular formula is C31H48O2S2. The summed E-state index contributed by atoms with van der Waals surface area (Å²) in [6, 6.07) is 8.54. The van der Waals surface area contributed by atoms with E-state index in [-0.39, 0.29) is 26.4 Å². The van der Waals surface area contributed by atoms with E-state index in [1.54, 1.807) is 21.6 Å². The van der Waals surface area contributed by atoms with Gasteiger partial charge in [0, 0.05) is 20.8 Å². The monoisotopic (exact) mass is 516 g/mol. The van der Waals surface area contributed by atoms with E-state index in [2.05, 4.69) is 121 Å². The number of phenolic OH excluding ortho intramolecular Hbond substituents is 2. The van der Waals surface area contributed by atoms with Crippen LogP contribution in [0.3, 0.4) is 0 Å². The van der Waals surface area contributed by atoms with Gasteiger partial charge in [0.05, 0.1) is 0 Å². The summed E-state index contributed by atoms with van der Waals surface area (Å²) in [4.78, 5) is 1.09. The Balaban J connectivity index is 2.59. The highest BCUT2D eigenvalue weighted by molar-refractivity contribution is 8.77. The number of benzene rings is 2. The maximum absolute atomic E-state index is 11.4. The minimum Gasteiger partial charge on any atom is -0.507 e. The summed E-state index contributed by atoms with van der Waals surface area (Å²) in [5, 5.41) is 22.8. The van der Waals surface area contributed by atoms with Crippen LogP contribution in [0.4, 0.5) is 0 Å². The first-order valence-corrected chi connectivity index (χ1v) is 14.7. The highest BCUT2D eigenvalue weighted by atomic mass is 33.1. The standard InChI is InChI=1S/C31H48O2S2/c1-27(2,3)20-16-15-19(23(25(20)32)29(7,8)9)31(13,14)35-34-22-18-17-21(28(4,5)6)26(33)24(22)30(10,11)12/h15-18,32-33H,1-14H3. The zero-order chi connectivity index (χ0) is 27.4. The molecular weight excluding hydrogens is 468 g/mol. The van der Waals surface area contributed by atoms with Crippen LogP contribution in [0.5, 0.6) is 11.5 Å². The second kappa shape index (κ2) is 9.56. The molecule has 0 fully saturated rings. The van der Waals surface area contributed by atoms with E-state index >= 15 is 0 Å². The molecule has 196 valence electrons. The number of rotatable bonds is 4. The predicted octanol–water partition coefficient (Wildman–Crippen LogP) is 9.96. The number of hydrogen-bond acceptors (Lipinski definition) is 4. The highest BCUT2D eigenvalue weighted by Gasteiger charge is 2.35. The Morgan fingerprint density at radius 2 is 0.857 bits per heavy atom. The maximum Gasteiger partial charge on any atom is 0.124 e. The van der Waals surface area contributed by atoms with Crippen molar-refractivity contribution in [2.24, 2.45) is 0 Å². The van der Waals surface area contributed by atoms with Crippen LogP contribution in [0.15, 0.2) is 29.2 Å². The van der Waals surface area contributed by atoms with Gasteiger partial charge in [-0.05, 0) is 58.3 Å². The lowest BCUT2D eigenvalue weighted by atomic mass is 9.75. The summed E-state index contributed by atoms with van der Waals surface area (Å²) in [5.41, 5.74) is 4.47. The van der Waals surface area contributed by atoms with E-state index in [4.69, 9.17) is 0 Å². The molecule has 0 bridgehead atoms. The molecule has 0 aliphatic carbocycles. The second-order valence-electron chi connectivity index (χ2n) is 14.4. The van der Waals surface area contributed by atoms with Crippen molar-refractivity contribution in [3.8, 4) is 11.5 Å². The summed E-state index contributed by atoms with van der Waals surface area (Å²) < 4.78 is -0.269. The number of aromatic hydroxyl groups is 2.